The second-order valence-corrected chi connectivity index (χ2v) is 6.55. The van der Waals surface area contributed by atoms with Gasteiger partial charge in [-0.15, -0.1) is 0 Å². The first-order valence-corrected chi connectivity index (χ1v) is 8.26. The van der Waals surface area contributed by atoms with Gasteiger partial charge in [-0.1, -0.05) is 17.4 Å². The number of hydrogen-bond donors (Lipinski definition) is 2. The number of benzene rings is 2. The van der Waals surface area contributed by atoms with Crippen LogP contribution < -0.4 is 20.1 Å². The van der Waals surface area contributed by atoms with Crippen LogP contribution in [0.1, 0.15) is 11.1 Å². The number of carbonyl (C=O) groups is 1. The highest BCUT2D eigenvalue weighted by Crippen LogP contribution is 2.34. The molecule has 0 aliphatic carbocycles. The maximum absolute atomic E-state index is 12.2. The fraction of sp³-hybridized carbons (Fsp3) is 0.176. The van der Waals surface area contributed by atoms with E-state index in [-0.39, 0.29) is 12.8 Å². The molecule has 3 aromatic rings. The summed E-state index contributed by atoms with van der Waals surface area (Å²) in [7, 11) is 0. The van der Waals surface area contributed by atoms with E-state index in [9.17, 15) is 4.79 Å². The van der Waals surface area contributed by atoms with Crippen LogP contribution in [0.4, 0.5) is 15.6 Å². The molecule has 6 nitrogen and oxygen atoms in total. The largest absolute Gasteiger partial charge is 0.454 e. The number of aromatic nitrogens is 1. The van der Waals surface area contributed by atoms with Crippen molar-refractivity contribution in [3.05, 3.63) is 41.5 Å². The Morgan fingerprint density at radius 2 is 1.96 bits per heavy atom. The highest BCUT2D eigenvalue weighted by Gasteiger charge is 2.15. The van der Waals surface area contributed by atoms with Gasteiger partial charge in [-0.25, -0.2) is 9.78 Å². The van der Waals surface area contributed by atoms with E-state index >= 15 is 0 Å². The summed E-state index contributed by atoms with van der Waals surface area (Å²) in [4.78, 5) is 16.7. The summed E-state index contributed by atoms with van der Waals surface area (Å²) >= 11 is 1.45. The van der Waals surface area contributed by atoms with E-state index in [1.165, 1.54) is 16.9 Å². The highest BCUT2D eigenvalue weighted by molar-refractivity contribution is 7.22. The fourth-order valence-corrected chi connectivity index (χ4v) is 3.43. The van der Waals surface area contributed by atoms with Crippen molar-refractivity contribution >= 4 is 38.4 Å². The van der Waals surface area contributed by atoms with Crippen LogP contribution in [0.15, 0.2) is 30.3 Å². The third-order valence-electron chi connectivity index (χ3n) is 3.94. The van der Waals surface area contributed by atoms with Crippen LogP contribution >= 0.6 is 11.3 Å². The molecule has 0 spiro atoms. The Labute approximate surface area is 142 Å². The van der Waals surface area contributed by atoms with Crippen molar-refractivity contribution in [2.24, 2.45) is 0 Å². The van der Waals surface area contributed by atoms with Crippen LogP contribution in [0.5, 0.6) is 11.5 Å². The molecule has 7 heteroatoms. The van der Waals surface area contributed by atoms with E-state index in [0.717, 1.165) is 15.8 Å². The van der Waals surface area contributed by atoms with Gasteiger partial charge < -0.3 is 14.8 Å². The van der Waals surface area contributed by atoms with Crippen molar-refractivity contribution in [2.75, 3.05) is 17.4 Å². The third kappa shape index (κ3) is 2.63. The lowest BCUT2D eigenvalue weighted by Gasteiger charge is -2.06. The molecular weight excluding hydrogens is 326 g/mol. The maximum atomic E-state index is 12.2. The molecule has 2 aromatic carbocycles. The van der Waals surface area contributed by atoms with Crippen LogP contribution in [0.3, 0.4) is 0 Å². The van der Waals surface area contributed by atoms with Gasteiger partial charge in [0.15, 0.2) is 16.6 Å². The summed E-state index contributed by atoms with van der Waals surface area (Å²) in [6, 6.07) is 9.00. The summed E-state index contributed by atoms with van der Waals surface area (Å²) < 4.78 is 11.6. The van der Waals surface area contributed by atoms with Crippen molar-refractivity contribution in [2.45, 2.75) is 13.8 Å². The number of thiazole rings is 1. The molecule has 0 fully saturated rings. The van der Waals surface area contributed by atoms with Gasteiger partial charge in [0.2, 0.25) is 6.79 Å². The smallest absolute Gasteiger partial charge is 0.325 e. The van der Waals surface area contributed by atoms with Gasteiger partial charge in [-0.2, -0.15) is 0 Å². The zero-order valence-corrected chi connectivity index (χ0v) is 14.0. The number of nitrogens with zero attached hydrogens (tertiary/aromatic N) is 1. The first kappa shape index (κ1) is 14.8. The number of urea groups is 1. The van der Waals surface area contributed by atoms with E-state index < -0.39 is 0 Å². The number of rotatable bonds is 2. The topological polar surface area (TPSA) is 72.5 Å². The van der Waals surface area contributed by atoms with Gasteiger partial charge in [0.05, 0.1) is 10.2 Å². The van der Waals surface area contributed by atoms with Crippen LogP contribution in [-0.4, -0.2) is 17.8 Å². The average molecular weight is 341 g/mol. The maximum Gasteiger partial charge on any atom is 0.325 e. The predicted molar refractivity (Wildman–Crippen MR) is 94.3 cm³/mol. The molecule has 1 aliphatic rings. The molecule has 0 bridgehead atoms. The Kier molecular flexibility index (Phi) is 3.50. The first-order chi connectivity index (χ1) is 11.6. The molecule has 2 N–H and O–H groups in total. The van der Waals surface area contributed by atoms with Crippen LogP contribution in [0.2, 0.25) is 0 Å². The van der Waals surface area contributed by atoms with Crippen molar-refractivity contribution in [1.82, 2.24) is 4.98 Å². The molecule has 122 valence electrons. The number of fused-ring (bicyclic) bond motifs is 2. The molecule has 1 aliphatic heterocycles. The van der Waals surface area contributed by atoms with Crippen molar-refractivity contribution < 1.29 is 14.3 Å². The van der Waals surface area contributed by atoms with E-state index in [4.69, 9.17) is 9.47 Å². The Hall–Kier alpha value is -2.80. The minimum absolute atomic E-state index is 0.204. The Morgan fingerprint density at radius 1 is 1.12 bits per heavy atom. The average Bonchev–Trinajstić information content (AvgIpc) is 3.17. The van der Waals surface area contributed by atoms with Crippen LogP contribution in [0, 0.1) is 13.8 Å². The van der Waals surface area contributed by atoms with Gasteiger partial charge in [0.1, 0.15) is 0 Å². The molecule has 0 atom stereocenters. The molecule has 0 radical (unpaired) electrons. The molecule has 0 saturated carbocycles. The lowest BCUT2D eigenvalue weighted by molar-refractivity contribution is 0.174. The minimum Gasteiger partial charge on any atom is -0.454 e. The Balaban J connectivity index is 1.51. The van der Waals surface area contributed by atoms with Gasteiger partial charge in [-0.3, -0.25) is 5.32 Å². The Bertz CT molecular complexity index is 952. The quantitative estimate of drug-likeness (QED) is 0.729. The zero-order chi connectivity index (χ0) is 16.7. The highest BCUT2D eigenvalue weighted by atomic mass is 32.1. The summed E-state index contributed by atoms with van der Waals surface area (Å²) in [5.41, 5.74) is 3.88. The number of amides is 2. The summed E-state index contributed by atoms with van der Waals surface area (Å²) in [6.07, 6.45) is 0. The standard InChI is InChI=1S/C17H15N3O3S/c1-9-3-6-14-15(10(9)2)19-17(24-14)20-16(21)18-11-4-5-12-13(7-11)23-8-22-12/h3-7H,8H2,1-2H3,(H2,18,19,20,21). The van der Waals surface area contributed by atoms with E-state index in [1.54, 1.807) is 18.2 Å². The van der Waals surface area contributed by atoms with Crippen molar-refractivity contribution in [3.8, 4) is 11.5 Å². The molecule has 0 saturated heterocycles. The molecule has 4 rings (SSSR count). The van der Waals surface area contributed by atoms with Crippen LogP contribution in [-0.2, 0) is 0 Å². The number of carbonyl (C=O) groups excluding carboxylic acids is 1. The van der Waals surface area contributed by atoms with E-state index in [0.29, 0.717) is 22.3 Å². The third-order valence-corrected chi connectivity index (χ3v) is 4.87. The molecule has 1 aromatic heterocycles. The monoisotopic (exact) mass is 341 g/mol. The number of anilines is 2. The first-order valence-electron chi connectivity index (χ1n) is 7.44. The second-order valence-electron chi connectivity index (χ2n) is 5.52. The fourth-order valence-electron chi connectivity index (χ4n) is 2.51. The summed E-state index contributed by atoms with van der Waals surface area (Å²) in [5, 5.41) is 6.12. The van der Waals surface area contributed by atoms with Gasteiger partial charge in [0.25, 0.3) is 0 Å². The molecular formula is C17H15N3O3S. The van der Waals surface area contributed by atoms with Gasteiger partial charge in [-0.05, 0) is 43.2 Å². The molecule has 0 unspecified atom stereocenters. The molecule has 2 heterocycles. The van der Waals surface area contributed by atoms with Gasteiger partial charge in [0, 0.05) is 11.8 Å². The number of aryl methyl sites for hydroxylation is 2. The van der Waals surface area contributed by atoms with E-state index in [1.807, 2.05) is 19.9 Å². The molecule has 2 amide bonds. The zero-order valence-electron chi connectivity index (χ0n) is 13.2. The summed E-state index contributed by atoms with van der Waals surface area (Å²) in [6.45, 7) is 4.29. The van der Waals surface area contributed by atoms with Crippen LogP contribution in [0.25, 0.3) is 10.2 Å². The SMILES string of the molecule is Cc1ccc2sc(NC(=O)Nc3ccc4c(c3)OCO4)nc2c1C. The lowest BCUT2D eigenvalue weighted by atomic mass is 10.1. The normalized spacial score (nSPS) is 12.4. The number of nitrogens with one attached hydrogen (secondary N) is 2. The number of hydrogen-bond acceptors (Lipinski definition) is 5. The Morgan fingerprint density at radius 3 is 2.83 bits per heavy atom. The summed E-state index contributed by atoms with van der Waals surface area (Å²) in [5.74, 6) is 1.30. The van der Waals surface area contributed by atoms with Gasteiger partial charge >= 0.3 is 6.03 Å². The molecule has 24 heavy (non-hydrogen) atoms. The van der Waals surface area contributed by atoms with Crippen molar-refractivity contribution in [1.29, 1.82) is 0 Å². The minimum atomic E-state index is -0.345. The lowest BCUT2D eigenvalue weighted by Crippen LogP contribution is -2.19. The van der Waals surface area contributed by atoms with Crippen molar-refractivity contribution in [3.63, 3.8) is 0 Å². The predicted octanol–water partition coefficient (Wildman–Crippen LogP) is 4.29. The van der Waals surface area contributed by atoms with E-state index in [2.05, 4.69) is 21.7 Å². The number of ether oxygens (including phenoxy) is 2. The second kappa shape index (κ2) is 5.68.